The largest absolute Gasteiger partial charge is 0.336 e. The second-order valence-electron chi connectivity index (χ2n) is 8.55. The normalized spacial score (nSPS) is 18.3. The summed E-state index contributed by atoms with van der Waals surface area (Å²) in [6.07, 6.45) is 0. The highest BCUT2D eigenvalue weighted by Crippen LogP contribution is 2.35. The van der Waals surface area contributed by atoms with Crippen LogP contribution in [-0.2, 0) is 17.3 Å². The van der Waals surface area contributed by atoms with Crippen molar-refractivity contribution in [1.29, 1.82) is 0 Å². The summed E-state index contributed by atoms with van der Waals surface area (Å²) in [6.45, 7) is 6.11. The summed E-state index contributed by atoms with van der Waals surface area (Å²) in [5.74, 6) is -0.248. The second-order valence-corrected chi connectivity index (χ2v) is 9.97. The Labute approximate surface area is 202 Å². The fourth-order valence-electron chi connectivity index (χ4n) is 4.64. The number of nitrogens with zero attached hydrogens (tertiary/aromatic N) is 3. The van der Waals surface area contributed by atoms with E-state index in [-0.39, 0.29) is 11.8 Å². The van der Waals surface area contributed by atoms with E-state index in [0.29, 0.717) is 46.2 Å². The van der Waals surface area contributed by atoms with Gasteiger partial charge in [0.05, 0.1) is 31.8 Å². The average molecular weight is 474 g/mol. The molecule has 34 heavy (non-hydrogen) atoms. The molecule has 1 fully saturated rings. The SMILES string of the molecule is CCN1C(=O)c2ccccc2[S@](=O)c2ccc(C(=O)N3CCN(Cc4ccccc4)CC3)cc21. The van der Waals surface area contributed by atoms with Gasteiger partial charge in [-0.3, -0.25) is 14.5 Å². The van der Waals surface area contributed by atoms with Crippen LogP contribution in [0.25, 0.3) is 0 Å². The molecule has 7 heteroatoms. The van der Waals surface area contributed by atoms with Crippen molar-refractivity contribution in [1.82, 2.24) is 9.80 Å². The fraction of sp³-hybridized carbons (Fsp3) is 0.259. The van der Waals surface area contributed by atoms with Crippen LogP contribution in [0, 0.1) is 0 Å². The van der Waals surface area contributed by atoms with Crippen molar-refractivity contribution < 1.29 is 13.8 Å². The number of amides is 2. The molecule has 0 radical (unpaired) electrons. The molecular formula is C27H27N3O3S. The van der Waals surface area contributed by atoms with E-state index >= 15 is 0 Å². The second kappa shape index (κ2) is 9.52. The van der Waals surface area contributed by atoms with E-state index in [0.717, 1.165) is 19.6 Å². The minimum absolute atomic E-state index is 0.0572. The third kappa shape index (κ3) is 4.17. The molecule has 2 amide bonds. The molecular weight excluding hydrogens is 446 g/mol. The lowest BCUT2D eigenvalue weighted by atomic mass is 10.1. The Morgan fingerprint density at radius 3 is 2.32 bits per heavy atom. The van der Waals surface area contributed by atoms with Crippen LogP contribution in [0.2, 0.25) is 0 Å². The number of hydrogen-bond acceptors (Lipinski definition) is 4. The van der Waals surface area contributed by atoms with Crippen LogP contribution in [0.4, 0.5) is 5.69 Å². The van der Waals surface area contributed by atoms with Crippen molar-refractivity contribution in [3.8, 4) is 0 Å². The molecule has 3 aromatic rings. The molecule has 0 unspecified atom stereocenters. The minimum atomic E-state index is -1.50. The van der Waals surface area contributed by atoms with Gasteiger partial charge in [-0.1, -0.05) is 42.5 Å². The monoisotopic (exact) mass is 473 g/mol. The Bertz CT molecular complexity index is 1250. The van der Waals surface area contributed by atoms with Crippen LogP contribution in [0.5, 0.6) is 0 Å². The van der Waals surface area contributed by atoms with Gasteiger partial charge in [-0.15, -0.1) is 0 Å². The lowest BCUT2D eigenvalue weighted by Gasteiger charge is -2.35. The van der Waals surface area contributed by atoms with Crippen LogP contribution in [-0.4, -0.2) is 58.5 Å². The van der Waals surface area contributed by atoms with Crippen LogP contribution >= 0.6 is 0 Å². The van der Waals surface area contributed by atoms with E-state index in [4.69, 9.17) is 0 Å². The molecule has 0 saturated carbocycles. The predicted octanol–water partition coefficient (Wildman–Crippen LogP) is 3.79. The van der Waals surface area contributed by atoms with Crippen LogP contribution in [0.3, 0.4) is 0 Å². The number of benzene rings is 3. The number of carbonyl (C=O) groups excluding carboxylic acids is 2. The Kier molecular flexibility index (Phi) is 6.30. The van der Waals surface area contributed by atoms with Gasteiger partial charge in [0.15, 0.2) is 0 Å². The summed E-state index contributed by atoms with van der Waals surface area (Å²) in [7, 11) is -1.50. The zero-order chi connectivity index (χ0) is 23.7. The van der Waals surface area contributed by atoms with Gasteiger partial charge in [0.1, 0.15) is 0 Å². The molecule has 0 aliphatic carbocycles. The standard InChI is InChI=1S/C27H27N3O3S/c1-2-30-23-18-21(12-13-25(23)34(33)24-11-7-6-10-22(24)27(30)32)26(31)29-16-14-28(15-17-29)19-20-8-4-3-5-9-20/h3-13,18H,2,14-17,19H2,1H3/t34-/m0/s1. The van der Waals surface area contributed by atoms with Gasteiger partial charge in [0, 0.05) is 44.8 Å². The smallest absolute Gasteiger partial charge is 0.259 e. The van der Waals surface area contributed by atoms with Gasteiger partial charge in [-0.2, -0.15) is 0 Å². The lowest BCUT2D eigenvalue weighted by Crippen LogP contribution is -2.48. The fourth-order valence-corrected chi connectivity index (χ4v) is 5.99. The molecule has 0 bridgehead atoms. The number of fused-ring (bicyclic) bond motifs is 2. The summed E-state index contributed by atoms with van der Waals surface area (Å²) in [5, 5.41) is 0. The maximum Gasteiger partial charge on any atom is 0.259 e. The van der Waals surface area contributed by atoms with E-state index in [1.165, 1.54) is 5.56 Å². The summed E-state index contributed by atoms with van der Waals surface area (Å²) in [5.41, 5.74) is 2.78. The predicted molar refractivity (Wildman–Crippen MR) is 133 cm³/mol. The minimum Gasteiger partial charge on any atom is -0.336 e. The molecule has 2 aliphatic heterocycles. The Morgan fingerprint density at radius 2 is 1.59 bits per heavy atom. The molecule has 5 rings (SSSR count). The average Bonchev–Trinajstić information content (AvgIpc) is 2.97. The molecule has 0 N–H and O–H groups in total. The quantitative estimate of drug-likeness (QED) is 0.579. The van der Waals surface area contributed by atoms with E-state index in [1.807, 2.05) is 30.0 Å². The molecule has 0 spiro atoms. The first-order chi connectivity index (χ1) is 16.6. The summed E-state index contributed by atoms with van der Waals surface area (Å²) < 4.78 is 13.3. The summed E-state index contributed by atoms with van der Waals surface area (Å²) in [6, 6.07) is 22.6. The molecule has 2 aliphatic rings. The van der Waals surface area contributed by atoms with E-state index in [2.05, 4.69) is 17.0 Å². The third-order valence-corrected chi connectivity index (χ3v) is 7.98. The van der Waals surface area contributed by atoms with Crippen molar-refractivity contribution >= 4 is 28.3 Å². The van der Waals surface area contributed by atoms with Crippen molar-refractivity contribution in [3.05, 3.63) is 89.5 Å². The number of carbonyl (C=O) groups is 2. The number of hydrogen-bond donors (Lipinski definition) is 0. The van der Waals surface area contributed by atoms with Gasteiger partial charge in [-0.05, 0) is 42.8 Å². The van der Waals surface area contributed by atoms with Crippen molar-refractivity contribution in [2.24, 2.45) is 0 Å². The van der Waals surface area contributed by atoms with Crippen molar-refractivity contribution in [3.63, 3.8) is 0 Å². The summed E-state index contributed by atoms with van der Waals surface area (Å²) in [4.78, 5) is 33.5. The Balaban J connectivity index is 1.36. The van der Waals surface area contributed by atoms with Crippen LogP contribution in [0.1, 0.15) is 33.2 Å². The highest BCUT2D eigenvalue weighted by molar-refractivity contribution is 7.85. The molecule has 1 saturated heterocycles. The van der Waals surface area contributed by atoms with Crippen LogP contribution in [0.15, 0.2) is 82.6 Å². The topological polar surface area (TPSA) is 60.9 Å². The van der Waals surface area contributed by atoms with Gasteiger partial charge < -0.3 is 9.80 Å². The Hall–Kier alpha value is -3.29. The van der Waals surface area contributed by atoms with Crippen molar-refractivity contribution in [2.75, 3.05) is 37.6 Å². The van der Waals surface area contributed by atoms with Gasteiger partial charge >= 0.3 is 0 Å². The number of anilines is 1. The summed E-state index contributed by atoms with van der Waals surface area (Å²) >= 11 is 0. The van der Waals surface area contributed by atoms with Crippen molar-refractivity contribution in [2.45, 2.75) is 23.3 Å². The molecule has 174 valence electrons. The molecule has 2 heterocycles. The first-order valence-corrected chi connectivity index (χ1v) is 12.7. The van der Waals surface area contributed by atoms with E-state index in [1.54, 1.807) is 47.4 Å². The zero-order valence-corrected chi connectivity index (χ0v) is 20.0. The lowest BCUT2D eigenvalue weighted by molar-refractivity contribution is 0.0628. The first-order valence-electron chi connectivity index (χ1n) is 11.6. The molecule has 6 nitrogen and oxygen atoms in total. The molecule has 3 aromatic carbocycles. The first kappa shape index (κ1) is 22.5. The van der Waals surface area contributed by atoms with E-state index in [9.17, 15) is 13.8 Å². The Morgan fingerprint density at radius 1 is 0.882 bits per heavy atom. The zero-order valence-electron chi connectivity index (χ0n) is 19.1. The highest BCUT2D eigenvalue weighted by Gasteiger charge is 2.31. The molecule has 1 atom stereocenters. The van der Waals surface area contributed by atoms with E-state index < -0.39 is 10.8 Å². The van der Waals surface area contributed by atoms with Gasteiger partial charge in [0.25, 0.3) is 11.8 Å². The molecule has 0 aromatic heterocycles. The van der Waals surface area contributed by atoms with Gasteiger partial charge in [0.2, 0.25) is 0 Å². The maximum absolute atomic E-state index is 13.3. The van der Waals surface area contributed by atoms with Crippen LogP contribution < -0.4 is 4.90 Å². The highest BCUT2D eigenvalue weighted by atomic mass is 32.2. The number of piperazine rings is 1. The number of rotatable bonds is 4. The maximum atomic E-state index is 13.3. The van der Waals surface area contributed by atoms with Gasteiger partial charge in [-0.25, -0.2) is 4.21 Å². The third-order valence-electron chi connectivity index (χ3n) is 6.48.